The van der Waals surface area contributed by atoms with E-state index in [-0.39, 0.29) is 28.5 Å². The van der Waals surface area contributed by atoms with Gasteiger partial charge in [-0.2, -0.15) is 0 Å². The van der Waals surface area contributed by atoms with E-state index in [0.717, 1.165) is 11.8 Å². The first-order valence-corrected chi connectivity index (χ1v) is 11.2. The van der Waals surface area contributed by atoms with E-state index in [1.807, 2.05) is 6.92 Å². The van der Waals surface area contributed by atoms with Gasteiger partial charge in [0.25, 0.3) is 11.6 Å². The summed E-state index contributed by atoms with van der Waals surface area (Å²) in [5.41, 5.74) is 0.776. The number of carboxylic acid groups (broad SMARTS) is 1. The van der Waals surface area contributed by atoms with Crippen molar-refractivity contribution in [1.82, 2.24) is 4.90 Å². The molecule has 0 radical (unpaired) electrons. The van der Waals surface area contributed by atoms with Crippen molar-refractivity contribution >= 4 is 46.3 Å². The second kappa shape index (κ2) is 9.85. The molecule has 0 bridgehead atoms. The van der Waals surface area contributed by atoms with Crippen LogP contribution >= 0.6 is 11.8 Å². The number of hydrogen-bond donors (Lipinski definition) is 1. The Morgan fingerprint density at radius 3 is 2.60 bits per heavy atom. The first-order valence-electron chi connectivity index (χ1n) is 10.4. The molecular weight excluding hydrogens is 474 g/mol. The Morgan fingerprint density at radius 1 is 1.23 bits per heavy atom. The number of nitrogens with zero attached hydrogens (tertiary/aromatic N) is 3. The average molecular weight is 493 g/mol. The Balaban J connectivity index is 1.62. The number of aromatic carboxylic acids is 1. The average Bonchev–Trinajstić information content (AvgIpc) is 3.43. The fourth-order valence-electron chi connectivity index (χ4n) is 3.36. The van der Waals surface area contributed by atoms with Crippen molar-refractivity contribution < 1.29 is 28.8 Å². The zero-order chi connectivity index (χ0) is 25.1. The molecule has 1 aromatic heterocycles. The molecule has 1 fully saturated rings. The molecule has 0 atom stereocenters. The van der Waals surface area contributed by atoms with E-state index in [2.05, 4.69) is 4.99 Å². The van der Waals surface area contributed by atoms with Crippen LogP contribution in [0.1, 0.15) is 23.0 Å². The van der Waals surface area contributed by atoms with Crippen molar-refractivity contribution in [2.24, 2.45) is 4.99 Å². The van der Waals surface area contributed by atoms with Crippen LogP contribution in [-0.2, 0) is 4.79 Å². The van der Waals surface area contributed by atoms with E-state index in [1.165, 1.54) is 30.2 Å². The predicted octanol–water partition coefficient (Wildman–Crippen LogP) is 5.19. The second-order valence-electron chi connectivity index (χ2n) is 7.25. The lowest BCUT2D eigenvalue weighted by molar-refractivity contribution is -0.384. The lowest BCUT2D eigenvalue weighted by Crippen LogP contribution is -2.28. The molecule has 1 aliphatic heterocycles. The zero-order valence-electron chi connectivity index (χ0n) is 18.6. The maximum atomic E-state index is 12.9. The molecule has 35 heavy (non-hydrogen) atoms. The summed E-state index contributed by atoms with van der Waals surface area (Å²) < 4.78 is 10.9. The first kappa shape index (κ1) is 23.8. The molecule has 1 amide bonds. The Labute approximate surface area is 203 Å². The number of likely N-dealkylation sites (N-methyl/N-ethyl adjacent to an activating group) is 1. The number of methoxy groups -OCH3 is 1. The van der Waals surface area contributed by atoms with Crippen LogP contribution in [0.4, 0.5) is 11.4 Å². The van der Waals surface area contributed by atoms with E-state index in [0.29, 0.717) is 33.8 Å². The van der Waals surface area contributed by atoms with Gasteiger partial charge < -0.3 is 14.3 Å². The molecule has 0 spiro atoms. The highest BCUT2D eigenvalue weighted by Gasteiger charge is 2.32. The lowest BCUT2D eigenvalue weighted by Gasteiger charge is -2.11. The number of benzene rings is 2. The number of carbonyl (C=O) groups is 2. The highest BCUT2D eigenvalue weighted by molar-refractivity contribution is 8.18. The Morgan fingerprint density at radius 2 is 1.97 bits per heavy atom. The monoisotopic (exact) mass is 493 g/mol. The van der Waals surface area contributed by atoms with Gasteiger partial charge >= 0.3 is 5.97 Å². The van der Waals surface area contributed by atoms with Crippen LogP contribution in [0.15, 0.2) is 68.9 Å². The van der Waals surface area contributed by atoms with Gasteiger partial charge in [0.1, 0.15) is 17.3 Å². The Bertz CT molecular complexity index is 1380. The molecule has 0 saturated carbocycles. The standard InChI is InChI=1S/C24H19N3O7S/c1-3-26-22(28)21(35-24(26)25-15-6-4-14(5-7-15)23(29)30)13-17-9-11-20(34-17)18-10-8-16(33-2)12-19(18)27(31)32/h4-13H,3H2,1-2H3,(H,29,30). The third-order valence-electron chi connectivity index (χ3n) is 5.11. The maximum absolute atomic E-state index is 12.9. The van der Waals surface area contributed by atoms with Gasteiger partial charge in [0.05, 0.1) is 39.8 Å². The van der Waals surface area contributed by atoms with Crippen molar-refractivity contribution in [3.63, 3.8) is 0 Å². The largest absolute Gasteiger partial charge is 0.497 e. The third kappa shape index (κ3) is 4.94. The van der Waals surface area contributed by atoms with Crippen molar-refractivity contribution in [3.8, 4) is 17.1 Å². The topological polar surface area (TPSA) is 135 Å². The summed E-state index contributed by atoms with van der Waals surface area (Å²) in [6.45, 7) is 2.20. The van der Waals surface area contributed by atoms with Crippen molar-refractivity contribution in [2.75, 3.05) is 13.7 Å². The molecule has 4 rings (SSSR count). The van der Waals surface area contributed by atoms with Crippen LogP contribution in [0.5, 0.6) is 5.75 Å². The summed E-state index contributed by atoms with van der Waals surface area (Å²) in [6, 6.07) is 13.7. The van der Waals surface area contributed by atoms with Crippen molar-refractivity contribution in [2.45, 2.75) is 6.92 Å². The molecule has 11 heteroatoms. The quantitative estimate of drug-likeness (QED) is 0.270. The molecule has 178 valence electrons. The second-order valence-corrected chi connectivity index (χ2v) is 8.26. The highest BCUT2D eigenvalue weighted by atomic mass is 32.2. The number of amides is 1. The highest BCUT2D eigenvalue weighted by Crippen LogP contribution is 2.37. The van der Waals surface area contributed by atoms with Crippen LogP contribution < -0.4 is 4.74 Å². The van der Waals surface area contributed by atoms with Gasteiger partial charge in [-0.1, -0.05) is 0 Å². The number of carbonyl (C=O) groups excluding carboxylic acids is 1. The van der Waals surface area contributed by atoms with Gasteiger partial charge in [0.2, 0.25) is 0 Å². The maximum Gasteiger partial charge on any atom is 0.335 e. The number of hydrogen-bond acceptors (Lipinski definition) is 8. The number of rotatable bonds is 7. The summed E-state index contributed by atoms with van der Waals surface area (Å²) >= 11 is 1.16. The summed E-state index contributed by atoms with van der Waals surface area (Å²) in [4.78, 5) is 41.3. The molecular formula is C24H19N3O7S. The van der Waals surface area contributed by atoms with Gasteiger partial charge in [-0.25, -0.2) is 9.79 Å². The van der Waals surface area contributed by atoms with E-state index in [9.17, 15) is 19.7 Å². The minimum atomic E-state index is -1.03. The van der Waals surface area contributed by atoms with Gasteiger partial charge in [-0.05, 0) is 67.2 Å². The van der Waals surface area contributed by atoms with Gasteiger partial charge in [0, 0.05) is 12.6 Å². The van der Waals surface area contributed by atoms with E-state index < -0.39 is 10.9 Å². The number of carboxylic acids is 1. The molecule has 2 aromatic carbocycles. The number of aliphatic imine (C=N–C) groups is 1. The van der Waals surface area contributed by atoms with Crippen molar-refractivity contribution in [3.05, 3.63) is 80.9 Å². The van der Waals surface area contributed by atoms with Crippen LogP contribution in [-0.4, -0.2) is 45.6 Å². The smallest absolute Gasteiger partial charge is 0.335 e. The summed E-state index contributed by atoms with van der Waals surface area (Å²) in [5, 5.41) is 21.0. The summed E-state index contributed by atoms with van der Waals surface area (Å²) in [7, 11) is 1.43. The zero-order valence-corrected chi connectivity index (χ0v) is 19.4. The number of amidine groups is 1. The first-order chi connectivity index (χ1) is 16.8. The lowest BCUT2D eigenvalue weighted by atomic mass is 10.1. The number of nitro groups is 1. The number of nitro benzene ring substituents is 1. The van der Waals surface area contributed by atoms with E-state index in [1.54, 1.807) is 42.5 Å². The fourth-order valence-corrected chi connectivity index (χ4v) is 4.40. The third-order valence-corrected chi connectivity index (χ3v) is 6.12. The van der Waals surface area contributed by atoms with Crippen molar-refractivity contribution in [1.29, 1.82) is 0 Å². The molecule has 10 nitrogen and oxygen atoms in total. The normalized spacial score (nSPS) is 15.7. The van der Waals surface area contributed by atoms with E-state index in [4.69, 9.17) is 14.3 Å². The van der Waals surface area contributed by atoms with Gasteiger partial charge in [0.15, 0.2) is 5.17 Å². The fraction of sp³-hybridized carbons (Fsp3) is 0.125. The van der Waals surface area contributed by atoms with Gasteiger partial charge in [-0.15, -0.1) is 0 Å². The predicted molar refractivity (Wildman–Crippen MR) is 131 cm³/mol. The molecule has 2 heterocycles. The number of furan rings is 1. The summed E-state index contributed by atoms with van der Waals surface area (Å²) in [5.74, 6) is -0.309. The van der Waals surface area contributed by atoms with Gasteiger partial charge in [-0.3, -0.25) is 19.8 Å². The van der Waals surface area contributed by atoms with Crippen LogP contribution in [0.25, 0.3) is 17.4 Å². The molecule has 1 aliphatic rings. The van der Waals surface area contributed by atoms with Crippen LogP contribution in [0.2, 0.25) is 0 Å². The van der Waals surface area contributed by atoms with Crippen LogP contribution in [0, 0.1) is 10.1 Å². The Kier molecular flexibility index (Phi) is 6.69. The Hall–Kier alpha value is -4.38. The number of ether oxygens (including phenoxy) is 1. The molecule has 3 aromatic rings. The minimum Gasteiger partial charge on any atom is -0.497 e. The minimum absolute atomic E-state index is 0.141. The number of thioether (sulfide) groups is 1. The van der Waals surface area contributed by atoms with E-state index >= 15 is 0 Å². The molecule has 1 saturated heterocycles. The molecule has 0 unspecified atom stereocenters. The molecule has 0 aliphatic carbocycles. The SMILES string of the molecule is CCN1C(=O)C(=Cc2ccc(-c3ccc(OC)cc3[N+](=O)[O-])o2)SC1=Nc1ccc(C(=O)O)cc1. The molecule has 1 N–H and O–H groups in total. The van der Waals surface area contributed by atoms with Crippen LogP contribution in [0.3, 0.4) is 0 Å². The summed E-state index contributed by atoms with van der Waals surface area (Å²) in [6.07, 6.45) is 1.56.